The number of ether oxygens (including phenoxy) is 3. The zero-order valence-electron chi connectivity index (χ0n) is 16.1. The molecule has 28 heavy (non-hydrogen) atoms. The van der Waals surface area contributed by atoms with Crippen molar-refractivity contribution in [3.8, 4) is 11.5 Å². The van der Waals surface area contributed by atoms with E-state index in [1.807, 2.05) is 17.0 Å². The lowest BCUT2D eigenvalue weighted by Gasteiger charge is -2.33. The number of benzene rings is 1. The van der Waals surface area contributed by atoms with E-state index in [0.717, 1.165) is 11.2 Å². The predicted octanol–water partition coefficient (Wildman–Crippen LogP) is 2.72. The number of morpholine rings is 1. The SMILES string of the molecule is COc1cc2nc(N3CCC(F)(F)CC3)nc(N3CCOCC3)c2cc1OC. The molecule has 0 bridgehead atoms. The number of nitrogens with zero attached hydrogens (tertiary/aromatic N) is 4. The Hall–Kier alpha value is -2.42. The van der Waals surface area contributed by atoms with Gasteiger partial charge in [-0.15, -0.1) is 0 Å². The summed E-state index contributed by atoms with van der Waals surface area (Å²) < 4.78 is 43.5. The molecule has 9 heteroatoms. The Morgan fingerprint density at radius 2 is 1.57 bits per heavy atom. The van der Waals surface area contributed by atoms with Crippen molar-refractivity contribution >= 4 is 22.7 Å². The minimum Gasteiger partial charge on any atom is -0.493 e. The minimum absolute atomic E-state index is 0.187. The second-order valence-electron chi connectivity index (χ2n) is 7.01. The van der Waals surface area contributed by atoms with E-state index < -0.39 is 5.92 Å². The van der Waals surface area contributed by atoms with E-state index in [-0.39, 0.29) is 25.9 Å². The molecule has 7 nitrogen and oxygen atoms in total. The molecule has 2 fully saturated rings. The summed E-state index contributed by atoms with van der Waals surface area (Å²) in [5, 5.41) is 0.839. The number of alkyl halides is 2. The molecule has 0 atom stereocenters. The average Bonchev–Trinajstić information content (AvgIpc) is 2.72. The van der Waals surface area contributed by atoms with Gasteiger partial charge in [0, 0.05) is 50.5 Å². The highest BCUT2D eigenvalue weighted by Gasteiger charge is 2.35. The van der Waals surface area contributed by atoms with Crippen molar-refractivity contribution in [1.29, 1.82) is 0 Å². The van der Waals surface area contributed by atoms with Crippen molar-refractivity contribution in [3.05, 3.63) is 12.1 Å². The maximum absolute atomic E-state index is 13.6. The Morgan fingerprint density at radius 3 is 2.21 bits per heavy atom. The van der Waals surface area contributed by atoms with Gasteiger partial charge >= 0.3 is 0 Å². The zero-order valence-corrected chi connectivity index (χ0v) is 16.1. The summed E-state index contributed by atoms with van der Waals surface area (Å²) in [6, 6.07) is 3.68. The first-order chi connectivity index (χ1) is 13.5. The molecule has 1 aromatic heterocycles. The standard InChI is InChI=1S/C19H24F2N4O3/c1-26-15-11-13-14(12-16(15)27-2)22-18(25-5-3-19(20,21)4-6-25)23-17(13)24-7-9-28-10-8-24/h11-12H,3-10H2,1-2H3. The molecule has 2 aliphatic rings. The van der Waals surface area contributed by atoms with Gasteiger partial charge in [0.2, 0.25) is 5.95 Å². The van der Waals surface area contributed by atoms with Crippen molar-refractivity contribution in [1.82, 2.24) is 9.97 Å². The molecule has 0 saturated carbocycles. The van der Waals surface area contributed by atoms with E-state index in [1.165, 1.54) is 0 Å². The summed E-state index contributed by atoms with van der Waals surface area (Å²) >= 11 is 0. The molecule has 2 aliphatic heterocycles. The Bertz CT molecular complexity index is 849. The largest absolute Gasteiger partial charge is 0.493 e. The molecular weight excluding hydrogens is 370 g/mol. The first kappa shape index (κ1) is 18.9. The average molecular weight is 394 g/mol. The van der Waals surface area contributed by atoms with Crippen LogP contribution in [0.4, 0.5) is 20.5 Å². The number of fused-ring (bicyclic) bond motifs is 1. The number of hydrogen-bond donors (Lipinski definition) is 0. The van der Waals surface area contributed by atoms with Gasteiger partial charge in [-0.3, -0.25) is 0 Å². The molecule has 1 aromatic carbocycles. The number of hydrogen-bond acceptors (Lipinski definition) is 7. The van der Waals surface area contributed by atoms with Gasteiger partial charge in [-0.2, -0.15) is 4.98 Å². The van der Waals surface area contributed by atoms with Crippen molar-refractivity contribution in [2.45, 2.75) is 18.8 Å². The summed E-state index contributed by atoms with van der Waals surface area (Å²) in [5.41, 5.74) is 0.696. The van der Waals surface area contributed by atoms with Crippen LogP contribution in [0.15, 0.2) is 12.1 Å². The molecule has 4 rings (SSSR count). The molecule has 0 spiro atoms. The van der Waals surface area contributed by atoms with Gasteiger partial charge in [-0.05, 0) is 6.07 Å². The second-order valence-corrected chi connectivity index (χ2v) is 7.01. The monoisotopic (exact) mass is 394 g/mol. The number of halogens is 2. The van der Waals surface area contributed by atoms with Crippen molar-refractivity contribution in [2.75, 3.05) is 63.4 Å². The highest BCUT2D eigenvalue weighted by molar-refractivity contribution is 5.93. The lowest BCUT2D eigenvalue weighted by Crippen LogP contribution is -2.41. The van der Waals surface area contributed by atoms with E-state index in [1.54, 1.807) is 14.2 Å². The van der Waals surface area contributed by atoms with Crippen LogP contribution in [-0.2, 0) is 4.74 Å². The van der Waals surface area contributed by atoms with E-state index in [9.17, 15) is 8.78 Å². The van der Waals surface area contributed by atoms with E-state index in [4.69, 9.17) is 19.2 Å². The Balaban J connectivity index is 1.80. The Kier molecular flexibility index (Phi) is 5.09. The van der Waals surface area contributed by atoms with Gasteiger partial charge in [-0.25, -0.2) is 13.8 Å². The van der Waals surface area contributed by atoms with E-state index in [0.29, 0.717) is 49.3 Å². The van der Waals surface area contributed by atoms with Crippen molar-refractivity contribution < 1.29 is 23.0 Å². The van der Waals surface area contributed by atoms with Gasteiger partial charge in [-0.1, -0.05) is 0 Å². The normalized spacial score (nSPS) is 19.7. The predicted molar refractivity (Wildman–Crippen MR) is 102 cm³/mol. The first-order valence-corrected chi connectivity index (χ1v) is 9.40. The van der Waals surface area contributed by atoms with Crippen LogP contribution in [0.3, 0.4) is 0 Å². The maximum Gasteiger partial charge on any atom is 0.251 e. The summed E-state index contributed by atoms with van der Waals surface area (Å²) in [7, 11) is 3.16. The van der Waals surface area contributed by atoms with E-state index >= 15 is 0 Å². The van der Waals surface area contributed by atoms with Crippen LogP contribution >= 0.6 is 0 Å². The number of methoxy groups -OCH3 is 2. The smallest absolute Gasteiger partial charge is 0.251 e. The molecule has 0 radical (unpaired) electrons. The zero-order chi connectivity index (χ0) is 19.7. The highest BCUT2D eigenvalue weighted by Crippen LogP contribution is 2.37. The third-order valence-corrected chi connectivity index (χ3v) is 5.26. The van der Waals surface area contributed by atoms with Crippen LogP contribution in [0.1, 0.15) is 12.8 Å². The van der Waals surface area contributed by atoms with Crippen LogP contribution in [0.2, 0.25) is 0 Å². The van der Waals surface area contributed by atoms with Gasteiger partial charge in [0.1, 0.15) is 5.82 Å². The van der Waals surface area contributed by atoms with Crippen LogP contribution < -0.4 is 19.3 Å². The first-order valence-electron chi connectivity index (χ1n) is 9.40. The van der Waals surface area contributed by atoms with Crippen LogP contribution in [0.5, 0.6) is 11.5 Å². The lowest BCUT2D eigenvalue weighted by molar-refractivity contribution is -0.0222. The Labute approximate surface area is 162 Å². The van der Waals surface area contributed by atoms with Gasteiger partial charge in [0.25, 0.3) is 5.92 Å². The van der Waals surface area contributed by atoms with Gasteiger partial charge in [0.05, 0.1) is 33.0 Å². The molecule has 2 aromatic rings. The molecular formula is C19H24F2N4O3. The van der Waals surface area contributed by atoms with Gasteiger partial charge < -0.3 is 24.0 Å². The number of aromatic nitrogens is 2. The van der Waals surface area contributed by atoms with Crippen LogP contribution in [0.25, 0.3) is 10.9 Å². The van der Waals surface area contributed by atoms with Crippen molar-refractivity contribution in [2.24, 2.45) is 0 Å². The number of piperidine rings is 1. The topological polar surface area (TPSA) is 60.0 Å². The molecule has 3 heterocycles. The molecule has 0 aliphatic carbocycles. The van der Waals surface area contributed by atoms with Crippen LogP contribution in [0, 0.1) is 0 Å². The molecule has 2 saturated heterocycles. The fraction of sp³-hybridized carbons (Fsp3) is 0.579. The Morgan fingerprint density at radius 1 is 0.929 bits per heavy atom. The second kappa shape index (κ2) is 7.54. The third kappa shape index (κ3) is 3.63. The highest BCUT2D eigenvalue weighted by atomic mass is 19.3. The lowest BCUT2D eigenvalue weighted by atomic mass is 10.1. The number of rotatable bonds is 4. The summed E-state index contributed by atoms with van der Waals surface area (Å²) in [4.78, 5) is 13.4. The number of anilines is 2. The summed E-state index contributed by atoms with van der Waals surface area (Å²) in [6.07, 6.45) is -0.375. The summed E-state index contributed by atoms with van der Waals surface area (Å²) in [6.45, 7) is 3.10. The maximum atomic E-state index is 13.6. The quantitative estimate of drug-likeness (QED) is 0.790. The van der Waals surface area contributed by atoms with Gasteiger partial charge in [0.15, 0.2) is 11.5 Å². The minimum atomic E-state index is -2.61. The fourth-order valence-corrected chi connectivity index (χ4v) is 3.62. The molecule has 152 valence electrons. The molecule has 0 amide bonds. The van der Waals surface area contributed by atoms with E-state index in [2.05, 4.69) is 9.88 Å². The summed E-state index contributed by atoms with van der Waals surface area (Å²) in [5.74, 6) is -0.216. The molecule has 0 unspecified atom stereocenters. The fourth-order valence-electron chi connectivity index (χ4n) is 3.62. The van der Waals surface area contributed by atoms with Crippen molar-refractivity contribution in [3.63, 3.8) is 0 Å². The molecule has 0 N–H and O–H groups in total. The van der Waals surface area contributed by atoms with Crippen LogP contribution in [-0.4, -0.2) is 69.5 Å². The third-order valence-electron chi connectivity index (χ3n) is 5.26.